The first-order valence-corrected chi connectivity index (χ1v) is 8.45. The van der Waals surface area contributed by atoms with Gasteiger partial charge in [-0.05, 0) is 68.4 Å². The van der Waals surface area contributed by atoms with Crippen molar-refractivity contribution in [1.29, 1.82) is 0 Å². The van der Waals surface area contributed by atoms with Gasteiger partial charge in [0.05, 0.1) is 12.8 Å². The lowest BCUT2D eigenvalue weighted by molar-refractivity contribution is 0.0996. The summed E-state index contributed by atoms with van der Waals surface area (Å²) >= 11 is 0. The van der Waals surface area contributed by atoms with Gasteiger partial charge in [-0.1, -0.05) is 0 Å². The van der Waals surface area contributed by atoms with E-state index in [4.69, 9.17) is 10.5 Å². The first-order chi connectivity index (χ1) is 12.9. The molecule has 3 aromatic rings. The third kappa shape index (κ3) is 3.69. The lowest BCUT2D eigenvalue weighted by atomic mass is 10.1. The highest BCUT2D eigenvalue weighted by Crippen LogP contribution is 2.26. The van der Waals surface area contributed by atoms with Crippen LogP contribution in [0, 0.1) is 13.8 Å². The number of nitrogens with zero attached hydrogens (tertiary/aromatic N) is 1. The molecule has 1 aromatic heterocycles. The summed E-state index contributed by atoms with van der Waals surface area (Å²) in [7, 11) is 1.49. The van der Waals surface area contributed by atoms with Crippen molar-refractivity contribution >= 4 is 17.5 Å². The van der Waals surface area contributed by atoms with Crippen LogP contribution in [0.15, 0.2) is 54.6 Å². The van der Waals surface area contributed by atoms with Crippen molar-refractivity contribution in [3.05, 3.63) is 77.1 Å². The summed E-state index contributed by atoms with van der Waals surface area (Å²) in [6.07, 6.45) is 0. The average Bonchev–Trinajstić information content (AvgIpc) is 3.00. The predicted octanol–water partition coefficient (Wildman–Crippen LogP) is 3.45. The number of nitrogens with one attached hydrogen (secondary N) is 1. The molecule has 3 rings (SSSR count). The Labute approximate surface area is 157 Å². The van der Waals surface area contributed by atoms with E-state index in [1.54, 1.807) is 24.3 Å². The molecular formula is C21H21N3O3. The van der Waals surface area contributed by atoms with Crippen LogP contribution in [-0.2, 0) is 0 Å². The van der Waals surface area contributed by atoms with Gasteiger partial charge in [0.15, 0.2) is 0 Å². The number of aromatic nitrogens is 1. The number of nitrogens with two attached hydrogens (primary N) is 1. The SMILES string of the molecule is COc1ccc(C(N)=O)cc1NC(=O)c1ccc(-n2c(C)ccc2C)cc1. The fourth-order valence-electron chi connectivity index (χ4n) is 2.99. The Morgan fingerprint density at radius 3 is 2.07 bits per heavy atom. The van der Waals surface area contributed by atoms with Gasteiger partial charge in [0.2, 0.25) is 5.91 Å². The molecule has 27 heavy (non-hydrogen) atoms. The average molecular weight is 363 g/mol. The van der Waals surface area contributed by atoms with E-state index >= 15 is 0 Å². The second-order valence-corrected chi connectivity index (χ2v) is 6.23. The lowest BCUT2D eigenvalue weighted by Crippen LogP contribution is -2.15. The number of carbonyl (C=O) groups is 2. The highest BCUT2D eigenvalue weighted by Gasteiger charge is 2.13. The Kier molecular flexibility index (Phi) is 4.98. The van der Waals surface area contributed by atoms with Crippen molar-refractivity contribution in [2.75, 3.05) is 12.4 Å². The Balaban J connectivity index is 1.85. The van der Waals surface area contributed by atoms with Crippen LogP contribution in [-0.4, -0.2) is 23.5 Å². The molecule has 0 saturated heterocycles. The van der Waals surface area contributed by atoms with E-state index in [2.05, 4.69) is 9.88 Å². The second kappa shape index (κ2) is 7.37. The van der Waals surface area contributed by atoms with Crippen molar-refractivity contribution < 1.29 is 14.3 Å². The minimum absolute atomic E-state index is 0.292. The summed E-state index contributed by atoms with van der Waals surface area (Å²) in [6, 6.07) is 16.0. The largest absolute Gasteiger partial charge is 0.495 e. The first kappa shape index (κ1) is 18.3. The van der Waals surface area contributed by atoms with Crippen LogP contribution in [0.2, 0.25) is 0 Å². The maximum Gasteiger partial charge on any atom is 0.255 e. The zero-order valence-corrected chi connectivity index (χ0v) is 15.4. The molecule has 0 aliphatic rings. The minimum atomic E-state index is -0.574. The summed E-state index contributed by atoms with van der Waals surface area (Å²) in [5.41, 5.74) is 9.71. The summed E-state index contributed by atoms with van der Waals surface area (Å²) in [6.45, 7) is 4.07. The third-order valence-corrected chi connectivity index (χ3v) is 4.39. The van der Waals surface area contributed by atoms with Crippen molar-refractivity contribution in [2.24, 2.45) is 5.73 Å². The van der Waals surface area contributed by atoms with Gasteiger partial charge >= 0.3 is 0 Å². The number of amides is 2. The Bertz CT molecular complexity index is 985. The fourth-order valence-corrected chi connectivity index (χ4v) is 2.99. The Morgan fingerprint density at radius 2 is 1.52 bits per heavy atom. The lowest BCUT2D eigenvalue weighted by Gasteiger charge is -2.12. The molecular weight excluding hydrogens is 342 g/mol. The van der Waals surface area contributed by atoms with Gasteiger partial charge in [0.25, 0.3) is 5.91 Å². The molecule has 0 saturated carbocycles. The van der Waals surface area contributed by atoms with Crippen LogP contribution in [0.1, 0.15) is 32.1 Å². The molecule has 0 unspecified atom stereocenters. The summed E-state index contributed by atoms with van der Waals surface area (Å²) < 4.78 is 7.35. The summed E-state index contributed by atoms with van der Waals surface area (Å²) in [5.74, 6) is -0.430. The van der Waals surface area contributed by atoms with Gasteiger partial charge < -0.3 is 20.4 Å². The molecule has 0 spiro atoms. The molecule has 3 N–H and O–H groups in total. The van der Waals surface area contributed by atoms with Gasteiger partial charge in [-0.25, -0.2) is 0 Å². The molecule has 138 valence electrons. The van der Waals surface area contributed by atoms with Crippen LogP contribution in [0.25, 0.3) is 5.69 Å². The van der Waals surface area contributed by atoms with Gasteiger partial charge in [0, 0.05) is 28.2 Å². The quantitative estimate of drug-likeness (QED) is 0.728. The number of primary amides is 1. The van der Waals surface area contributed by atoms with E-state index in [0.717, 1.165) is 17.1 Å². The highest BCUT2D eigenvalue weighted by molar-refractivity contribution is 6.06. The number of carbonyl (C=O) groups excluding carboxylic acids is 2. The standard InChI is InChI=1S/C21H21N3O3/c1-13-4-5-14(2)24(13)17-9-6-15(7-10-17)21(26)23-18-12-16(20(22)25)8-11-19(18)27-3/h4-12H,1-3H3,(H2,22,25)(H,23,26). The van der Waals surface area contributed by atoms with Crippen LogP contribution in [0.5, 0.6) is 5.75 Å². The maximum atomic E-state index is 12.6. The molecule has 2 amide bonds. The zero-order valence-electron chi connectivity index (χ0n) is 15.4. The van der Waals surface area contributed by atoms with E-state index in [1.807, 2.05) is 38.1 Å². The number of rotatable bonds is 5. The van der Waals surface area contributed by atoms with Gasteiger partial charge in [0.1, 0.15) is 5.75 Å². The van der Waals surface area contributed by atoms with Crippen molar-refractivity contribution in [1.82, 2.24) is 4.57 Å². The summed E-state index contributed by atoms with van der Waals surface area (Å²) in [5, 5.41) is 2.77. The van der Waals surface area contributed by atoms with Crippen LogP contribution >= 0.6 is 0 Å². The molecule has 6 nitrogen and oxygen atoms in total. The molecule has 0 radical (unpaired) electrons. The molecule has 6 heteroatoms. The number of ether oxygens (including phenoxy) is 1. The topological polar surface area (TPSA) is 86.3 Å². The van der Waals surface area contributed by atoms with E-state index < -0.39 is 5.91 Å². The smallest absolute Gasteiger partial charge is 0.255 e. The molecule has 0 fully saturated rings. The van der Waals surface area contributed by atoms with Crippen LogP contribution in [0.4, 0.5) is 5.69 Å². The molecule has 1 heterocycles. The molecule has 0 atom stereocenters. The van der Waals surface area contributed by atoms with Gasteiger partial charge in [-0.2, -0.15) is 0 Å². The summed E-state index contributed by atoms with van der Waals surface area (Å²) in [4.78, 5) is 24.0. The van der Waals surface area contributed by atoms with Gasteiger partial charge in [-0.3, -0.25) is 9.59 Å². The minimum Gasteiger partial charge on any atom is -0.495 e. The monoisotopic (exact) mass is 363 g/mol. The van der Waals surface area contributed by atoms with E-state index in [1.165, 1.54) is 13.2 Å². The zero-order chi connectivity index (χ0) is 19.6. The van der Waals surface area contributed by atoms with Gasteiger partial charge in [-0.15, -0.1) is 0 Å². The molecule has 2 aromatic carbocycles. The van der Waals surface area contributed by atoms with Crippen molar-refractivity contribution in [2.45, 2.75) is 13.8 Å². The second-order valence-electron chi connectivity index (χ2n) is 6.23. The highest BCUT2D eigenvalue weighted by atomic mass is 16.5. The van der Waals surface area contributed by atoms with E-state index in [9.17, 15) is 9.59 Å². The maximum absolute atomic E-state index is 12.6. The van der Waals surface area contributed by atoms with Crippen LogP contribution in [0.3, 0.4) is 0 Å². The Morgan fingerprint density at radius 1 is 0.926 bits per heavy atom. The molecule has 0 aliphatic heterocycles. The number of hydrogen-bond acceptors (Lipinski definition) is 3. The predicted molar refractivity (Wildman–Crippen MR) is 105 cm³/mol. The number of anilines is 1. The van der Waals surface area contributed by atoms with E-state index in [-0.39, 0.29) is 5.91 Å². The molecule has 0 bridgehead atoms. The first-order valence-electron chi connectivity index (χ1n) is 8.45. The van der Waals surface area contributed by atoms with Crippen LogP contribution < -0.4 is 15.8 Å². The number of aryl methyl sites for hydroxylation is 2. The third-order valence-electron chi connectivity index (χ3n) is 4.39. The van der Waals surface area contributed by atoms with Crippen molar-refractivity contribution in [3.63, 3.8) is 0 Å². The fraction of sp³-hybridized carbons (Fsp3) is 0.143. The Hall–Kier alpha value is -3.54. The number of benzene rings is 2. The van der Waals surface area contributed by atoms with Crippen molar-refractivity contribution in [3.8, 4) is 11.4 Å². The normalized spacial score (nSPS) is 10.5. The molecule has 0 aliphatic carbocycles. The number of methoxy groups -OCH3 is 1. The van der Waals surface area contributed by atoms with E-state index in [0.29, 0.717) is 22.6 Å². The number of hydrogen-bond donors (Lipinski definition) is 2.